The van der Waals surface area contributed by atoms with Crippen molar-refractivity contribution >= 4 is 17.8 Å². The van der Waals surface area contributed by atoms with Crippen LogP contribution in [0.4, 0.5) is 0 Å². The fraction of sp³-hybridized carbons (Fsp3) is 0.769. The molecule has 1 heterocycles. The molecule has 2 amide bonds. The highest BCUT2D eigenvalue weighted by Gasteiger charge is 2.40. The molecule has 0 radical (unpaired) electrons. The summed E-state index contributed by atoms with van der Waals surface area (Å²) >= 11 is 0. The SMILES string of the molecule is COC(C)(C)CC(C)(C)C(=O)ON1C(=O)CCC1=O. The molecule has 0 N–H and O–H groups in total. The minimum Gasteiger partial charge on any atom is -0.379 e. The van der Waals surface area contributed by atoms with Gasteiger partial charge < -0.3 is 9.57 Å². The van der Waals surface area contributed by atoms with Crippen molar-refractivity contribution in [1.29, 1.82) is 0 Å². The van der Waals surface area contributed by atoms with Gasteiger partial charge in [-0.2, -0.15) is 0 Å². The maximum atomic E-state index is 12.1. The van der Waals surface area contributed by atoms with Crippen LogP contribution in [0.15, 0.2) is 0 Å². The van der Waals surface area contributed by atoms with Crippen molar-refractivity contribution in [3.05, 3.63) is 0 Å². The molecule has 0 spiro atoms. The molecule has 6 nitrogen and oxygen atoms in total. The normalized spacial score (nSPS) is 17.0. The van der Waals surface area contributed by atoms with E-state index in [-0.39, 0.29) is 12.8 Å². The van der Waals surface area contributed by atoms with Gasteiger partial charge in [0.25, 0.3) is 11.8 Å². The van der Waals surface area contributed by atoms with Crippen LogP contribution in [-0.2, 0) is 24.0 Å². The zero-order valence-corrected chi connectivity index (χ0v) is 12.1. The van der Waals surface area contributed by atoms with Crippen LogP contribution in [0.2, 0.25) is 0 Å². The molecule has 1 rings (SSSR count). The number of hydrogen-bond donors (Lipinski definition) is 0. The van der Waals surface area contributed by atoms with Gasteiger partial charge in [-0.25, -0.2) is 4.79 Å². The number of ether oxygens (including phenoxy) is 1. The number of imide groups is 1. The predicted octanol–water partition coefficient (Wildman–Crippen LogP) is 1.43. The highest BCUT2D eigenvalue weighted by atomic mass is 16.7. The number of nitrogens with zero attached hydrogens (tertiary/aromatic N) is 1. The summed E-state index contributed by atoms with van der Waals surface area (Å²) < 4.78 is 5.28. The molecular weight excluding hydrogens is 250 g/mol. The van der Waals surface area contributed by atoms with E-state index >= 15 is 0 Å². The molecule has 1 aliphatic rings. The largest absolute Gasteiger partial charge is 0.379 e. The molecule has 19 heavy (non-hydrogen) atoms. The van der Waals surface area contributed by atoms with Crippen LogP contribution >= 0.6 is 0 Å². The summed E-state index contributed by atoms with van der Waals surface area (Å²) in [6.45, 7) is 7.10. The predicted molar refractivity (Wildman–Crippen MR) is 66.7 cm³/mol. The zero-order valence-electron chi connectivity index (χ0n) is 12.1. The van der Waals surface area contributed by atoms with Gasteiger partial charge in [0.2, 0.25) is 0 Å². The third-order valence-corrected chi connectivity index (χ3v) is 3.15. The number of methoxy groups -OCH3 is 1. The lowest BCUT2D eigenvalue weighted by Crippen LogP contribution is -2.41. The summed E-state index contributed by atoms with van der Waals surface area (Å²) in [6, 6.07) is 0. The molecule has 1 aliphatic heterocycles. The van der Waals surface area contributed by atoms with Crippen LogP contribution < -0.4 is 0 Å². The van der Waals surface area contributed by atoms with Crippen LogP contribution in [-0.4, -0.2) is 35.6 Å². The fourth-order valence-electron chi connectivity index (χ4n) is 2.07. The first kappa shape index (κ1) is 15.6. The number of carbonyl (C=O) groups is 3. The maximum absolute atomic E-state index is 12.1. The van der Waals surface area contributed by atoms with Crippen LogP contribution in [0.5, 0.6) is 0 Å². The minimum atomic E-state index is -0.858. The van der Waals surface area contributed by atoms with Gasteiger partial charge in [0.15, 0.2) is 0 Å². The van der Waals surface area contributed by atoms with E-state index in [0.717, 1.165) is 0 Å². The molecule has 108 valence electrons. The van der Waals surface area contributed by atoms with Crippen molar-refractivity contribution in [2.75, 3.05) is 7.11 Å². The van der Waals surface area contributed by atoms with Crippen molar-refractivity contribution in [1.82, 2.24) is 5.06 Å². The average Bonchev–Trinajstić information content (AvgIpc) is 2.59. The van der Waals surface area contributed by atoms with Gasteiger partial charge in [-0.3, -0.25) is 9.59 Å². The van der Waals surface area contributed by atoms with Gasteiger partial charge in [0.1, 0.15) is 0 Å². The van der Waals surface area contributed by atoms with Crippen molar-refractivity contribution < 1.29 is 24.0 Å². The van der Waals surface area contributed by atoms with Crippen LogP contribution in [0.1, 0.15) is 47.0 Å². The summed E-state index contributed by atoms with van der Waals surface area (Å²) in [5.41, 5.74) is -1.36. The van der Waals surface area contributed by atoms with E-state index in [1.165, 1.54) is 0 Å². The van der Waals surface area contributed by atoms with E-state index in [2.05, 4.69) is 0 Å². The lowest BCUT2D eigenvalue weighted by atomic mass is 9.82. The Morgan fingerprint density at radius 3 is 2.05 bits per heavy atom. The Labute approximate surface area is 113 Å². The molecule has 0 aromatic carbocycles. The molecule has 0 saturated carbocycles. The molecule has 1 fully saturated rings. The number of carbonyl (C=O) groups excluding carboxylic acids is 3. The van der Waals surface area contributed by atoms with Crippen molar-refractivity contribution in [2.24, 2.45) is 5.41 Å². The Balaban J connectivity index is 2.71. The first-order valence-electron chi connectivity index (χ1n) is 6.22. The quantitative estimate of drug-likeness (QED) is 0.707. The van der Waals surface area contributed by atoms with Crippen LogP contribution in [0.25, 0.3) is 0 Å². The first-order chi connectivity index (χ1) is 8.59. The number of rotatable bonds is 5. The van der Waals surface area contributed by atoms with Gasteiger partial charge in [-0.15, -0.1) is 5.06 Å². The molecular formula is C13H21NO5. The second kappa shape index (κ2) is 5.28. The molecule has 0 aliphatic carbocycles. The Morgan fingerprint density at radius 1 is 1.16 bits per heavy atom. The monoisotopic (exact) mass is 271 g/mol. The van der Waals surface area contributed by atoms with Gasteiger partial charge >= 0.3 is 5.97 Å². The summed E-state index contributed by atoms with van der Waals surface area (Å²) in [6.07, 6.45) is 0.595. The number of hydroxylamine groups is 2. The molecule has 1 saturated heterocycles. The number of amides is 2. The Morgan fingerprint density at radius 2 is 1.63 bits per heavy atom. The standard InChI is InChI=1S/C13H21NO5/c1-12(2,8-13(3,4)18-5)11(17)19-14-9(15)6-7-10(14)16/h6-8H2,1-5H3. The summed E-state index contributed by atoms with van der Waals surface area (Å²) in [7, 11) is 1.56. The van der Waals surface area contributed by atoms with E-state index in [0.29, 0.717) is 11.5 Å². The Kier molecular flexibility index (Phi) is 4.35. The third kappa shape index (κ3) is 3.76. The zero-order chi connectivity index (χ0) is 14.8. The lowest BCUT2D eigenvalue weighted by Gasteiger charge is -2.32. The van der Waals surface area contributed by atoms with E-state index in [9.17, 15) is 14.4 Å². The fourth-order valence-corrected chi connectivity index (χ4v) is 2.07. The van der Waals surface area contributed by atoms with Crippen LogP contribution in [0, 0.1) is 5.41 Å². The first-order valence-corrected chi connectivity index (χ1v) is 6.22. The van der Waals surface area contributed by atoms with Gasteiger partial charge in [-0.1, -0.05) is 0 Å². The Hall–Kier alpha value is -1.43. The van der Waals surface area contributed by atoms with Gasteiger partial charge in [0.05, 0.1) is 11.0 Å². The van der Waals surface area contributed by atoms with E-state index in [1.54, 1.807) is 21.0 Å². The summed E-state index contributed by atoms with van der Waals surface area (Å²) in [5.74, 6) is -1.55. The van der Waals surface area contributed by atoms with Gasteiger partial charge in [0, 0.05) is 20.0 Å². The van der Waals surface area contributed by atoms with Crippen molar-refractivity contribution in [3.63, 3.8) is 0 Å². The second-order valence-corrected chi connectivity index (χ2v) is 5.99. The molecule has 0 atom stereocenters. The summed E-state index contributed by atoms with van der Waals surface area (Å²) in [4.78, 5) is 39.8. The lowest BCUT2D eigenvalue weighted by molar-refractivity contribution is -0.206. The highest BCUT2D eigenvalue weighted by Crippen LogP contribution is 2.31. The Bertz CT molecular complexity index is 384. The minimum absolute atomic E-state index is 0.0934. The van der Waals surface area contributed by atoms with E-state index < -0.39 is 28.8 Å². The van der Waals surface area contributed by atoms with E-state index in [4.69, 9.17) is 9.57 Å². The van der Waals surface area contributed by atoms with Crippen molar-refractivity contribution in [3.8, 4) is 0 Å². The smallest absolute Gasteiger partial charge is 0.338 e. The molecule has 0 unspecified atom stereocenters. The second-order valence-electron chi connectivity index (χ2n) is 5.99. The summed E-state index contributed by atoms with van der Waals surface area (Å²) in [5, 5.41) is 0.573. The number of hydrogen-bond acceptors (Lipinski definition) is 5. The topological polar surface area (TPSA) is 72.9 Å². The maximum Gasteiger partial charge on any atom is 0.338 e. The third-order valence-electron chi connectivity index (χ3n) is 3.15. The van der Waals surface area contributed by atoms with E-state index in [1.807, 2.05) is 13.8 Å². The molecule has 6 heteroatoms. The molecule has 0 aromatic rings. The highest BCUT2D eigenvalue weighted by molar-refractivity contribution is 6.01. The van der Waals surface area contributed by atoms with Crippen molar-refractivity contribution in [2.45, 2.75) is 52.6 Å². The molecule has 0 aromatic heterocycles. The average molecular weight is 271 g/mol. The molecule has 0 bridgehead atoms. The van der Waals surface area contributed by atoms with Crippen LogP contribution in [0.3, 0.4) is 0 Å². The van der Waals surface area contributed by atoms with Gasteiger partial charge in [-0.05, 0) is 34.1 Å².